The molecule has 0 bridgehead atoms. The number of hydrogen-bond acceptors (Lipinski definition) is 4. The molecule has 1 atom stereocenters. The fraction of sp³-hybridized carbons (Fsp3) is 0.600. The molecule has 4 nitrogen and oxygen atoms in total. The average Bonchev–Trinajstić information content (AvgIpc) is 2.90. The van der Waals surface area contributed by atoms with Crippen LogP contribution in [0.4, 0.5) is 0 Å². The number of rotatable bonds is 5. The molecule has 1 N–H and O–H groups in total. The third-order valence-corrected chi connectivity index (χ3v) is 7.17. The summed E-state index contributed by atoms with van der Waals surface area (Å²) in [7, 11) is -3.44. The van der Waals surface area contributed by atoms with Crippen molar-refractivity contribution in [1.82, 2.24) is 4.72 Å². The van der Waals surface area contributed by atoms with Crippen molar-refractivity contribution in [3.8, 4) is 0 Å². The molecule has 2 heterocycles. The summed E-state index contributed by atoms with van der Waals surface area (Å²) in [5, 5.41) is 0.421. The third kappa shape index (κ3) is 3.68. The van der Waals surface area contributed by atoms with Crippen LogP contribution in [-0.4, -0.2) is 28.2 Å². The van der Waals surface area contributed by atoms with E-state index in [0.717, 1.165) is 37.4 Å². The zero-order valence-corrected chi connectivity index (χ0v) is 13.5. The van der Waals surface area contributed by atoms with Gasteiger partial charge in [0.05, 0.1) is 8.81 Å². The van der Waals surface area contributed by atoms with Gasteiger partial charge < -0.3 is 4.74 Å². The van der Waals surface area contributed by atoms with Crippen molar-refractivity contribution in [3.05, 3.63) is 14.9 Å². The van der Waals surface area contributed by atoms with Crippen molar-refractivity contribution in [1.29, 1.82) is 0 Å². The maximum absolute atomic E-state index is 12.0. The Balaban J connectivity index is 1.90. The van der Waals surface area contributed by atoms with Crippen LogP contribution in [0.25, 0.3) is 0 Å². The molecule has 8 heteroatoms. The summed E-state index contributed by atoms with van der Waals surface area (Å²) >= 11 is 10.1. The summed E-state index contributed by atoms with van der Waals surface area (Å²) < 4.78 is 32.6. The lowest BCUT2D eigenvalue weighted by atomic mass is 10.1. The number of thiophene rings is 1. The molecule has 1 unspecified atom stereocenters. The van der Waals surface area contributed by atoms with Gasteiger partial charge in [-0.15, -0.1) is 11.3 Å². The van der Waals surface area contributed by atoms with E-state index in [1.807, 2.05) is 0 Å². The fourth-order valence-corrected chi connectivity index (χ4v) is 5.23. The first-order valence-corrected chi connectivity index (χ1v) is 8.98. The summed E-state index contributed by atoms with van der Waals surface area (Å²) in [6.45, 7) is 1.95. The van der Waals surface area contributed by atoms with Gasteiger partial charge in [0, 0.05) is 19.8 Å². The Morgan fingerprint density at radius 1 is 1.61 bits per heavy atom. The van der Waals surface area contributed by atoms with Gasteiger partial charge in [-0.2, -0.15) is 0 Å². The van der Waals surface area contributed by atoms with E-state index in [9.17, 15) is 8.42 Å². The Labute approximate surface area is 124 Å². The minimum Gasteiger partial charge on any atom is -0.381 e. The van der Waals surface area contributed by atoms with Crippen LogP contribution in [0.3, 0.4) is 0 Å². The van der Waals surface area contributed by atoms with Crippen molar-refractivity contribution in [2.45, 2.75) is 17.1 Å². The second kappa shape index (κ2) is 6.19. The highest BCUT2D eigenvalue weighted by molar-refractivity contribution is 9.11. The van der Waals surface area contributed by atoms with E-state index in [2.05, 4.69) is 20.7 Å². The summed E-state index contributed by atoms with van der Waals surface area (Å²) in [6.07, 6.45) is 1.82. The molecule has 2 rings (SSSR count). The van der Waals surface area contributed by atoms with Crippen LogP contribution in [0.2, 0.25) is 5.02 Å². The van der Waals surface area contributed by atoms with E-state index in [0.29, 0.717) is 21.3 Å². The molecule has 0 spiro atoms. The van der Waals surface area contributed by atoms with E-state index >= 15 is 0 Å². The second-order valence-corrected chi connectivity index (χ2v) is 8.87. The predicted octanol–water partition coefficient (Wildman–Crippen LogP) is 2.87. The monoisotopic (exact) mass is 373 g/mol. The van der Waals surface area contributed by atoms with Crippen LogP contribution in [0.5, 0.6) is 0 Å². The van der Waals surface area contributed by atoms with Gasteiger partial charge in [-0.1, -0.05) is 11.6 Å². The van der Waals surface area contributed by atoms with Gasteiger partial charge in [0.1, 0.15) is 4.21 Å². The Kier molecular flexibility index (Phi) is 5.07. The van der Waals surface area contributed by atoms with Crippen LogP contribution in [0.1, 0.15) is 12.8 Å². The topological polar surface area (TPSA) is 55.4 Å². The molecular weight excluding hydrogens is 362 g/mol. The predicted molar refractivity (Wildman–Crippen MR) is 75.8 cm³/mol. The molecule has 0 amide bonds. The SMILES string of the molecule is O=S(=O)(NCCC1CCOC1)c1cc(Cl)c(Br)s1. The number of hydrogen-bond donors (Lipinski definition) is 1. The summed E-state index contributed by atoms with van der Waals surface area (Å²) in [4.78, 5) is 0. The second-order valence-electron chi connectivity index (χ2n) is 4.10. The van der Waals surface area contributed by atoms with E-state index in [-0.39, 0.29) is 4.21 Å². The molecule has 1 aliphatic heterocycles. The van der Waals surface area contributed by atoms with Crippen molar-refractivity contribution >= 4 is 48.9 Å². The first kappa shape index (κ1) is 14.7. The zero-order chi connectivity index (χ0) is 13.2. The fourth-order valence-electron chi connectivity index (χ4n) is 1.74. The average molecular weight is 375 g/mol. The molecule has 1 aromatic rings. The Morgan fingerprint density at radius 3 is 2.94 bits per heavy atom. The summed E-state index contributed by atoms with van der Waals surface area (Å²) in [5.41, 5.74) is 0. The number of sulfonamides is 1. The van der Waals surface area contributed by atoms with E-state index in [1.54, 1.807) is 0 Å². The lowest BCUT2D eigenvalue weighted by Gasteiger charge is -2.08. The third-order valence-electron chi connectivity index (χ3n) is 2.76. The summed E-state index contributed by atoms with van der Waals surface area (Å²) in [5.74, 6) is 0.464. The van der Waals surface area contributed by atoms with E-state index in [4.69, 9.17) is 16.3 Å². The molecule has 0 aliphatic carbocycles. The lowest BCUT2D eigenvalue weighted by Crippen LogP contribution is -2.25. The van der Waals surface area contributed by atoms with Crippen molar-refractivity contribution in [3.63, 3.8) is 0 Å². The Morgan fingerprint density at radius 2 is 2.39 bits per heavy atom. The molecule has 0 radical (unpaired) electrons. The lowest BCUT2D eigenvalue weighted by molar-refractivity contribution is 0.184. The molecule has 0 saturated carbocycles. The molecular formula is C10H13BrClNO3S2. The first-order chi connectivity index (χ1) is 8.49. The van der Waals surface area contributed by atoms with Crippen LogP contribution >= 0.6 is 38.9 Å². The molecule has 1 saturated heterocycles. The van der Waals surface area contributed by atoms with Gasteiger partial charge in [-0.25, -0.2) is 13.1 Å². The minimum absolute atomic E-state index is 0.238. The van der Waals surface area contributed by atoms with Crippen LogP contribution in [-0.2, 0) is 14.8 Å². The summed E-state index contributed by atoms with van der Waals surface area (Å²) in [6, 6.07) is 1.46. The maximum atomic E-state index is 12.0. The highest BCUT2D eigenvalue weighted by atomic mass is 79.9. The Hall–Kier alpha value is 0.340. The maximum Gasteiger partial charge on any atom is 0.250 e. The largest absolute Gasteiger partial charge is 0.381 e. The van der Waals surface area contributed by atoms with Gasteiger partial charge in [-0.05, 0) is 40.8 Å². The van der Waals surface area contributed by atoms with Gasteiger partial charge >= 0.3 is 0 Å². The number of halogens is 2. The molecule has 1 aromatic heterocycles. The minimum atomic E-state index is -3.44. The quantitative estimate of drug-likeness (QED) is 0.862. The zero-order valence-electron chi connectivity index (χ0n) is 9.49. The van der Waals surface area contributed by atoms with Crippen LogP contribution < -0.4 is 4.72 Å². The van der Waals surface area contributed by atoms with Crippen molar-refractivity contribution in [2.24, 2.45) is 5.92 Å². The van der Waals surface area contributed by atoms with Gasteiger partial charge in [0.15, 0.2) is 0 Å². The normalized spacial score (nSPS) is 20.4. The highest BCUT2D eigenvalue weighted by Gasteiger charge is 2.20. The smallest absolute Gasteiger partial charge is 0.250 e. The molecule has 1 fully saturated rings. The van der Waals surface area contributed by atoms with Crippen molar-refractivity contribution in [2.75, 3.05) is 19.8 Å². The van der Waals surface area contributed by atoms with Gasteiger partial charge in [0.2, 0.25) is 10.0 Å². The molecule has 102 valence electrons. The van der Waals surface area contributed by atoms with Crippen LogP contribution in [0, 0.1) is 5.92 Å². The van der Waals surface area contributed by atoms with Gasteiger partial charge in [0.25, 0.3) is 0 Å². The standard InChI is InChI=1S/C10H13BrClNO3S2/c11-10-8(12)5-9(17-10)18(14,15)13-3-1-7-2-4-16-6-7/h5,7,13H,1-4,6H2. The molecule has 1 aliphatic rings. The highest BCUT2D eigenvalue weighted by Crippen LogP contribution is 2.34. The number of ether oxygens (including phenoxy) is 1. The molecule has 0 aromatic carbocycles. The molecule has 18 heavy (non-hydrogen) atoms. The van der Waals surface area contributed by atoms with E-state index < -0.39 is 10.0 Å². The van der Waals surface area contributed by atoms with Gasteiger partial charge in [-0.3, -0.25) is 0 Å². The van der Waals surface area contributed by atoms with Crippen LogP contribution in [0.15, 0.2) is 14.1 Å². The first-order valence-electron chi connectivity index (χ1n) is 5.51. The number of nitrogens with one attached hydrogen (secondary N) is 1. The Bertz CT molecular complexity index is 492. The van der Waals surface area contributed by atoms with E-state index in [1.165, 1.54) is 6.07 Å². The van der Waals surface area contributed by atoms with Crippen molar-refractivity contribution < 1.29 is 13.2 Å².